The Labute approximate surface area is 243 Å². The van der Waals surface area contributed by atoms with E-state index in [1.807, 2.05) is 27.7 Å². The molecule has 0 spiro atoms. The van der Waals surface area contributed by atoms with Crippen LogP contribution in [-0.2, 0) is 23.1 Å². The number of nitro groups is 2. The van der Waals surface area contributed by atoms with Crippen molar-refractivity contribution in [2.24, 2.45) is 11.8 Å². The van der Waals surface area contributed by atoms with Crippen molar-refractivity contribution < 1.29 is 35.8 Å². The fourth-order valence-electron chi connectivity index (χ4n) is 6.45. The third kappa shape index (κ3) is 6.83. The lowest BCUT2D eigenvalue weighted by Crippen LogP contribution is -2.65. The first-order valence-electron chi connectivity index (χ1n) is 14.0. The van der Waals surface area contributed by atoms with Gasteiger partial charge in [0.15, 0.2) is 0 Å². The molecule has 3 rings (SSSR count). The van der Waals surface area contributed by atoms with E-state index < -0.39 is 72.3 Å². The van der Waals surface area contributed by atoms with Gasteiger partial charge < -0.3 is 18.3 Å². The zero-order valence-electron chi connectivity index (χ0n) is 24.9. The molecule has 1 saturated carbocycles. The van der Waals surface area contributed by atoms with Crippen LogP contribution in [0, 0.1) is 32.1 Å². The minimum absolute atomic E-state index is 0.0108. The van der Waals surface area contributed by atoms with Gasteiger partial charge in [-0.2, -0.15) is 8.42 Å². The van der Waals surface area contributed by atoms with Gasteiger partial charge in [0.2, 0.25) is 0 Å². The van der Waals surface area contributed by atoms with Crippen LogP contribution in [-0.4, -0.2) is 64.4 Å². The van der Waals surface area contributed by atoms with Crippen LogP contribution >= 0.6 is 0 Å². The Hall–Kier alpha value is -1.96. The summed E-state index contributed by atoms with van der Waals surface area (Å²) in [6.07, 6.45) is -0.324. The maximum absolute atomic E-state index is 12.3. The molecule has 0 amide bonds. The van der Waals surface area contributed by atoms with Crippen LogP contribution in [0.25, 0.3) is 0 Å². The second-order valence-corrected chi connectivity index (χ2v) is 22.8. The highest BCUT2D eigenvalue weighted by molar-refractivity contribution is 7.85. The van der Waals surface area contributed by atoms with Gasteiger partial charge in [-0.05, 0) is 34.7 Å². The first kappa shape index (κ1) is 33.5. The summed E-state index contributed by atoms with van der Waals surface area (Å²) in [5.74, 6) is -1.72. The number of nitro benzene ring substituents is 2. The Morgan fingerprint density at radius 3 is 2.00 bits per heavy atom. The molecule has 2 fully saturated rings. The number of anilines is 1. The third-order valence-electron chi connectivity index (χ3n) is 8.47. The molecule has 1 aromatic carbocycles. The average molecular weight is 634 g/mol. The minimum atomic E-state index is -4.48. The third-order valence-corrected chi connectivity index (χ3v) is 19.5. The van der Waals surface area contributed by atoms with E-state index in [9.17, 15) is 33.2 Å². The monoisotopic (exact) mass is 633 g/mol. The maximum Gasteiger partial charge on any atom is 0.334 e. The van der Waals surface area contributed by atoms with Crippen molar-refractivity contribution in [3.63, 3.8) is 0 Å². The summed E-state index contributed by atoms with van der Waals surface area (Å²) in [6, 6.07) is 2.60. The number of nitrogens with one attached hydrogen (secondary N) is 1. The number of rotatable bonds is 10. The normalized spacial score (nSPS) is 26.2. The zero-order chi connectivity index (χ0) is 31.1. The molecule has 1 heterocycles. The standard InChI is InChI=1S/C25H43N3O10SSi2/c1-15(2)40(16(3)4)36-13-19-11-23(26-22-10-9-20(27(29)30)12-24(22)28(31)32)21(14-39(33,34)35)25(19)37-41(38-40,17(5)6)18(7)8/h9-10,12,15-19,21,23,25-26H,11,13-14H2,1-8H3,(H,33,34,35)/t19-,21-,23-,25-/m1/s1. The van der Waals surface area contributed by atoms with Crippen LogP contribution in [0.15, 0.2) is 18.2 Å². The Morgan fingerprint density at radius 2 is 1.54 bits per heavy atom. The summed E-state index contributed by atoms with van der Waals surface area (Å²) in [4.78, 5) is 21.6. The highest BCUT2D eigenvalue weighted by Crippen LogP contribution is 2.50. The lowest BCUT2D eigenvalue weighted by atomic mass is 10.0. The van der Waals surface area contributed by atoms with Crippen LogP contribution in [0.2, 0.25) is 22.2 Å². The minimum Gasteiger partial charge on any atom is -0.414 e. The quantitative estimate of drug-likeness (QED) is 0.138. The van der Waals surface area contributed by atoms with Gasteiger partial charge in [0.1, 0.15) is 5.69 Å². The smallest absolute Gasteiger partial charge is 0.334 e. The van der Waals surface area contributed by atoms with E-state index in [1.54, 1.807) is 0 Å². The largest absolute Gasteiger partial charge is 0.414 e. The van der Waals surface area contributed by atoms with Gasteiger partial charge in [-0.3, -0.25) is 24.8 Å². The predicted molar refractivity (Wildman–Crippen MR) is 159 cm³/mol. The van der Waals surface area contributed by atoms with Crippen molar-refractivity contribution in [2.45, 2.75) is 96.1 Å². The van der Waals surface area contributed by atoms with E-state index in [1.165, 1.54) is 6.07 Å². The molecule has 4 atom stereocenters. The molecule has 1 aliphatic carbocycles. The Kier molecular flexibility index (Phi) is 10.1. The molecule has 2 N–H and O–H groups in total. The molecular formula is C25H43N3O10SSi2. The van der Waals surface area contributed by atoms with Gasteiger partial charge in [-0.1, -0.05) is 55.4 Å². The van der Waals surface area contributed by atoms with E-state index in [4.69, 9.17) is 13.0 Å². The molecule has 41 heavy (non-hydrogen) atoms. The Balaban J connectivity index is 2.14. The summed E-state index contributed by atoms with van der Waals surface area (Å²) in [5.41, 5.74) is -0.730. The summed E-state index contributed by atoms with van der Waals surface area (Å²) in [7, 11) is -10.4. The van der Waals surface area contributed by atoms with E-state index in [2.05, 4.69) is 33.0 Å². The molecule has 1 aromatic rings. The van der Waals surface area contributed by atoms with Gasteiger partial charge in [-0.25, -0.2) is 0 Å². The molecule has 1 aliphatic heterocycles. The van der Waals surface area contributed by atoms with Crippen molar-refractivity contribution in [1.29, 1.82) is 0 Å². The van der Waals surface area contributed by atoms with Crippen molar-refractivity contribution in [2.75, 3.05) is 17.7 Å². The topological polar surface area (TPSA) is 180 Å². The second-order valence-electron chi connectivity index (χ2n) is 12.4. The lowest BCUT2D eigenvalue weighted by Gasteiger charge is -2.52. The molecule has 0 unspecified atom stereocenters. The number of non-ortho nitro benzene ring substituents is 1. The van der Waals surface area contributed by atoms with E-state index >= 15 is 0 Å². The first-order valence-corrected chi connectivity index (χ1v) is 19.6. The van der Waals surface area contributed by atoms with Crippen LogP contribution in [0.5, 0.6) is 0 Å². The van der Waals surface area contributed by atoms with E-state index in [0.29, 0.717) is 6.42 Å². The zero-order valence-corrected chi connectivity index (χ0v) is 27.7. The number of hydrogen-bond donors (Lipinski definition) is 2. The highest BCUT2D eigenvalue weighted by atomic mass is 32.2. The number of nitrogens with zero attached hydrogens (tertiary/aromatic N) is 2. The summed E-state index contributed by atoms with van der Waals surface area (Å²) in [5, 5.41) is 26.1. The summed E-state index contributed by atoms with van der Waals surface area (Å²) >= 11 is 0. The maximum atomic E-state index is 12.3. The SMILES string of the molecule is CC(C)[Si]1(C(C)C)OC[C@H]2C[C@@H](Nc3ccc([N+](=O)[O-])cc3[N+](=O)[O-])[C@@H](CS(=O)(=O)O)[C@@H]2O[Si](C(C)C)(C(C)C)O1. The molecule has 2 aliphatic rings. The summed E-state index contributed by atoms with van der Waals surface area (Å²) < 4.78 is 55.5. The molecule has 1 saturated heterocycles. The van der Waals surface area contributed by atoms with Crippen LogP contribution < -0.4 is 5.32 Å². The fourth-order valence-corrected chi connectivity index (χ4v) is 18.7. The molecular weight excluding hydrogens is 591 g/mol. The van der Waals surface area contributed by atoms with Crippen molar-refractivity contribution in [3.05, 3.63) is 38.4 Å². The van der Waals surface area contributed by atoms with Crippen molar-refractivity contribution >= 4 is 44.3 Å². The number of fused-ring (bicyclic) bond motifs is 1. The Morgan fingerprint density at radius 1 is 0.976 bits per heavy atom. The second kappa shape index (κ2) is 12.3. The molecule has 0 bridgehead atoms. The van der Waals surface area contributed by atoms with E-state index in [0.717, 1.165) is 12.1 Å². The van der Waals surface area contributed by atoms with Gasteiger partial charge in [0.05, 0.1) is 27.8 Å². The van der Waals surface area contributed by atoms with Gasteiger partial charge >= 0.3 is 17.1 Å². The van der Waals surface area contributed by atoms with Crippen molar-refractivity contribution in [3.8, 4) is 0 Å². The predicted octanol–water partition coefficient (Wildman–Crippen LogP) is 5.76. The molecule has 232 valence electrons. The van der Waals surface area contributed by atoms with Crippen LogP contribution in [0.1, 0.15) is 61.8 Å². The van der Waals surface area contributed by atoms with Crippen LogP contribution in [0.3, 0.4) is 0 Å². The molecule has 0 aromatic heterocycles. The van der Waals surface area contributed by atoms with E-state index in [-0.39, 0.29) is 40.4 Å². The van der Waals surface area contributed by atoms with Gasteiger partial charge in [-0.15, -0.1) is 0 Å². The Bertz CT molecular complexity index is 1230. The van der Waals surface area contributed by atoms with Gasteiger partial charge in [0, 0.05) is 30.6 Å². The first-order chi connectivity index (χ1) is 18.8. The fraction of sp³-hybridized carbons (Fsp3) is 0.760. The van der Waals surface area contributed by atoms with Crippen LogP contribution in [0.4, 0.5) is 17.1 Å². The number of benzene rings is 1. The van der Waals surface area contributed by atoms with Gasteiger partial charge in [0.25, 0.3) is 21.5 Å². The molecule has 0 radical (unpaired) electrons. The number of hydrogen-bond acceptors (Lipinski definition) is 10. The van der Waals surface area contributed by atoms with Crippen molar-refractivity contribution in [1.82, 2.24) is 0 Å². The lowest BCUT2D eigenvalue weighted by molar-refractivity contribution is -0.393. The average Bonchev–Trinajstić information content (AvgIpc) is 3.11. The molecule has 13 nitrogen and oxygen atoms in total. The molecule has 16 heteroatoms. The highest BCUT2D eigenvalue weighted by Gasteiger charge is 2.61. The summed E-state index contributed by atoms with van der Waals surface area (Å²) in [6.45, 7) is 16.8.